The Balaban J connectivity index is 1.44. The number of amides is 2. The minimum Gasteiger partial charge on any atom is -0.480 e. The van der Waals surface area contributed by atoms with Gasteiger partial charge in [0.15, 0.2) is 0 Å². The highest BCUT2D eigenvalue weighted by molar-refractivity contribution is 7.99. The summed E-state index contributed by atoms with van der Waals surface area (Å²) in [6.45, 7) is 3.77. The molecule has 2 N–H and O–H groups in total. The number of carbonyl (C=O) groups excluding carboxylic acids is 2. The Morgan fingerprint density at radius 1 is 1.09 bits per heavy atom. The standard InChI is InChI=1S/C24H26N2O5S/c1-14(2)21(22(27)26-13-32-12-20(26)23(28)29)25-24(30)31-11-19-17-9-5-3-7-15(17)16-8-4-6-10-18(16)19/h3-10,14,19-21H,11-13H2,1-2H3,(H,25,30)(H,28,29)/t20?,21-/m0/s1. The number of thioether (sulfide) groups is 1. The highest BCUT2D eigenvalue weighted by Crippen LogP contribution is 2.44. The Kier molecular flexibility index (Phi) is 6.41. The number of rotatable bonds is 6. The Morgan fingerprint density at radius 2 is 1.69 bits per heavy atom. The van der Waals surface area contributed by atoms with Gasteiger partial charge in [0.25, 0.3) is 0 Å². The molecule has 2 aliphatic rings. The molecule has 1 aliphatic heterocycles. The molecule has 0 aromatic heterocycles. The van der Waals surface area contributed by atoms with Crippen LogP contribution >= 0.6 is 11.8 Å². The zero-order valence-electron chi connectivity index (χ0n) is 18.0. The average molecular weight is 455 g/mol. The molecule has 2 aromatic rings. The molecular formula is C24H26N2O5S. The maximum absolute atomic E-state index is 13.0. The van der Waals surface area contributed by atoms with Crippen LogP contribution in [-0.4, -0.2) is 58.3 Å². The highest BCUT2D eigenvalue weighted by Gasteiger charge is 2.39. The van der Waals surface area contributed by atoms with Gasteiger partial charge in [0.1, 0.15) is 18.7 Å². The highest BCUT2D eigenvalue weighted by atomic mass is 32.2. The third-order valence-electron chi connectivity index (χ3n) is 6.00. The van der Waals surface area contributed by atoms with E-state index in [2.05, 4.69) is 17.4 Å². The van der Waals surface area contributed by atoms with Gasteiger partial charge in [-0.1, -0.05) is 62.4 Å². The minimum atomic E-state index is -1.04. The minimum absolute atomic E-state index is 0.0762. The van der Waals surface area contributed by atoms with Crippen molar-refractivity contribution >= 4 is 29.7 Å². The predicted molar refractivity (Wildman–Crippen MR) is 122 cm³/mol. The molecule has 8 heteroatoms. The Labute approximate surface area is 191 Å². The largest absolute Gasteiger partial charge is 0.480 e. The van der Waals surface area contributed by atoms with E-state index < -0.39 is 30.1 Å². The first kappa shape index (κ1) is 22.2. The molecule has 32 heavy (non-hydrogen) atoms. The van der Waals surface area contributed by atoms with Crippen molar-refractivity contribution in [1.29, 1.82) is 0 Å². The zero-order chi connectivity index (χ0) is 22.8. The Bertz CT molecular complexity index is 995. The van der Waals surface area contributed by atoms with Crippen molar-refractivity contribution in [1.82, 2.24) is 10.2 Å². The summed E-state index contributed by atoms with van der Waals surface area (Å²) < 4.78 is 5.57. The lowest BCUT2D eigenvalue weighted by molar-refractivity contribution is -0.148. The van der Waals surface area contributed by atoms with Crippen molar-refractivity contribution in [2.24, 2.45) is 5.92 Å². The van der Waals surface area contributed by atoms with Gasteiger partial charge in [0, 0.05) is 11.7 Å². The number of ether oxygens (including phenoxy) is 1. The van der Waals surface area contributed by atoms with E-state index in [1.54, 1.807) is 0 Å². The van der Waals surface area contributed by atoms with Crippen LogP contribution in [0, 0.1) is 5.92 Å². The van der Waals surface area contributed by atoms with Crippen molar-refractivity contribution in [3.8, 4) is 11.1 Å². The summed E-state index contributed by atoms with van der Waals surface area (Å²) in [6.07, 6.45) is -0.683. The van der Waals surface area contributed by atoms with Crippen LogP contribution in [0.2, 0.25) is 0 Å². The van der Waals surface area contributed by atoms with Crippen molar-refractivity contribution in [3.05, 3.63) is 59.7 Å². The number of carboxylic acid groups (broad SMARTS) is 1. The van der Waals surface area contributed by atoms with Crippen molar-refractivity contribution < 1.29 is 24.2 Å². The number of fused-ring (bicyclic) bond motifs is 3. The average Bonchev–Trinajstić information content (AvgIpc) is 3.39. The van der Waals surface area contributed by atoms with Crippen LogP contribution in [0.3, 0.4) is 0 Å². The smallest absolute Gasteiger partial charge is 0.407 e. The van der Waals surface area contributed by atoms with E-state index >= 15 is 0 Å². The van der Waals surface area contributed by atoms with Crippen molar-refractivity contribution in [3.63, 3.8) is 0 Å². The van der Waals surface area contributed by atoms with Gasteiger partial charge in [-0.25, -0.2) is 9.59 Å². The van der Waals surface area contributed by atoms with Gasteiger partial charge in [-0.2, -0.15) is 0 Å². The summed E-state index contributed by atoms with van der Waals surface area (Å²) in [5.41, 5.74) is 4.49. The van der Waals surface area contributed by atoms with Crippen LogP contribution in [0.1, 0.15) is 30.9 Å². The molecular weight excluding hydrogens is 428 g/mol. The number of carboxylic acids is 1. The van der Waals surface area contributed by atoms with E-state index in [0.717, 1.165) is 22.3 Å². The number of nitrogens with one attached hydrogen (secondary N) is 1. The molecule has 1 fully saturated rings. The predicted octanol–water partition coefficient (Wildman–Crippen LogP) is 3.54. The molecule has 2 amide bonds. The monoisotopic (exact) mass is 454 g/mol. The SMILES string of the molecule is CC(C)[C@H](NC(=O)OCC1c2ccccc2-c2ccccc21)C(=O)N1CSCC1C(=O)O. The summed E-state index contributed by atoms with van der Waals surface area (Å²) in [5, 5.41) is 12.1. The molecule has 0 spiro atoms. The van der Waals surface area contributed by atoms with Gasteiger partial charge in [0.2, 0.25) is 5.91 Å². The number of benzene rings is 2. The van der Waals surface area contributed by atoms with Crippen LogP contribution in [-0.2, 0) is 14.3 Å². The molecule has 168 valence electrons. The Hall–Kier alpha value is -3.00. The van der Waals surface area contributed by atoms with Crippen LogP contribution < -0.4 is 5.32 Å². The third kappa shape index (κ3) is 4.19. The van der Waals surface area contributed by atoms with Crippen LogP contribution in [0.5, 0.6) is 0 Å². The van der Waals surface area contributed by atoms with Crippen molar-refractivity contribution in [2.45, 2.75) is 31.8 Å². The quantitative estimate of drug-likeness (QED) is 0.693. The fourth-order valence-corrected chi connectivity index (χ4v) is 5.48. The number of hydrogen-bond donors (Lipinski definition) is 2. The second-order valence-corrected chi connectivity index (χ2v) is 9.35. The molecule has 7 nitrogen and oxygen atoms in total. The topological polar surface area (TPSA) is 95.9 Å². The number of alkyl carbamates (subject to hydrolysis) is 1. The molecule has 2 atom stereocenters. The van der Waals surface area contributed by atoms with Gasteiger partial charge >= 0.3 is 12.1 Å². The Morgan fingerprint density at radius 3 is 2.25 bits per heavy atom. The lowest BCUT2D eigenvalue weighted by Crippen LogP contribution is -2.54. The summed E-state index contributed by atoms with van der Waals surface area (Å²) in [5.74, 6) is -1.09. The third-order valence-corrected chi connectivity index (χ3v) is 7.01. The zero-order valence-corrected chi connectivity index (χ0v) is 18.8. The van der Waals surface area contributed by atoms with E-state index in [0.29, 0.717) is 11.6 Å². The summed E-state index contributed by atoms with van der Waals surface area (Å²) in [4.78, 5) is 38.4. The van der Waals surface area contributed by atoms with Gasteiger partial charge in [-0.15, -0.1) is 11.8 Å². The fourth-order valence-electron chi connectivity index (χ4n) is 4.32. The molecule has 1 heterocycles. The number of hydrogen-bond acceptors (Lipinski definition) is 5. The summed E-state index contributed by atoms with van der Waals surface area (Å²) in [6, 6.07) is 14.4. The van der Waals surface area contributed by atoms with E-state index in [-0.39, 0.29) is 18.4 Å². The van der Waals surface area contributed by atoms with E-state index in [4.69, 9.17) is 4.74 Å². The normalized spacial score (nSPS) is 18.2. The molecule has 1 saturated heterocycles. The van der Waals surface area contributed by atoms with Gasteiger partial charge < -0.3 is 20.1 Å². The molecule has 1 aliphatic carbocycles. The van der Waals surface area contributed by atoms with Gasteiger partial charge in [-0.05, 0) is 28.2 Å². The molecule has 0 radical (unpaired) electrons. The van der Waals surface area contributed by atoms with E-state index in [1.807, 2.05) is 50.2 Å². The van der Waals surface area contributed by atoms with Gasteiger partial charge in [-0.3, -0.25) is 4.79 Å². The maximum atomic E-state index is 13.0. The number of aliphatic carboxylic acids is 1. The first-order chi connectivity index (χ1) is 15.4. The van der Waals surface area contributed by atoms with E-state index in [1.165, 1.54) is 16.7 Å². The second kappa shape index (κ2) is 9.24. The van der Waals surface area contributed by atoms with Crippen LogP contribution in [0.15, 0.2) is 48.5 Å². The first-order valence-corrected chi connectivity index (χ1v) is 11.8. The maximum Gasteiger partial charge on any atom is 0.407 e. The van der Waals surface area contributed by atoms with Crippen LogP contribution in [0.25, 0.3) is 11.1 Å². The molecule has 0 saturated carbocycles. The lowest BCUT2D eigenvalue weighted by atomic mass is 9.98. The van der Waals surface area contributed by atoms with E-state index in [9.17, 15) is 19.5 Å². The lowest BCUT2D eigenvalue weighted by Gasteiger charge is -2.28. The molecule has 4 rings (SSSR count). The fraction of sp³-hybridized carbons (Fsp3) is 0.375. The molecule has 1 unspecified atom stereocenters. The van der Waals surface area contributed by atoms with Gasteiger partial charge in [0.05, 0.1) is 5.88 Å². The van der Waals surface area contributed by atoms with Crippen molar-refractivity contribution in [2.75, 3.05) is 18.2 Å². The number of nitrogens with zero attached hydrogens (tertiary/aromatic N) is 1. The number of carbonyl (C=O) groups is 3. The summed E-state index contributed by atoms with van der Waals surface area (Å²) in [7, 11) is 0. The summed E-state index contributed by atoms with van der Waals surface area (Å²) >= 11 is 1.39. The van der Waals surface area contributed by atoms with Crippen LogP contribution in [0.4, 0.5) is 4.79 Å². The first-order valence-electron chi connectivity index (χ1n) is 10.6. The molecule has 2 aromatic carbocycles. The molecule has 0 bridgehead atoms. The second-order valence-electron chi connectivity index (χ2n) is 8.35.